The van der Waals surface area contributed by atoms with Gasteiger partial charge in [-0.25, -0.2) is 0 Å². The molecule has 2 rings (SSSR count). The summed E-state index contributed by atoms with van der Waals surface area (Å²) in [6.07, 6.45) is 0.850. The van der Waals surface area contributed by atoms with Gasteiger partial charge in [0.1, 0.15) is 12.2 Å². The van der Waals surface area contributed by atoms with Crippen LogP contribution in [-0.2, 0) is 16.1 Å². The van der Waals surface area contributed by atoms with Gasteiger partial charge in [0.25, 0.3) is 0 Å². The van der Waals surface area contributed by atoms with Gasteiger partial charge in [0.05, 0.1) is 12.7 Å². The highest BCUT2D eigenvalue weighted by Crippen LogP contribution is 2.16. The zero-order valence-electron chi connectivity index (χ0n) is 15.3. The molecule has 0 aliphatic heterocycles. The summed E-state index contributed by atoms with van der Waals surface area (Å²) >= 11 is 0. The van der Waals surface area contributed by atoms with Gasteiger partial charge in [-0.1, -0.05) is 30.3 Å². The Kier molecular flexibility index (Phi) is 7.86. The van der Waals surface area contributed by atoms with Crippen LogP contribution < -0.4 is 15.4 Å². The molecule has 2 aromatic rings. The van der Waals surface area contributed by atoms with Crippen LogP contribution in [0.25, 0.3) is 0 Å². The van der Waals surface area contributed by atoms with E-state index in [2.05, 4.69) is 10.6 Å². The highest BCUT2D eigenvalue weighted by atomic mass is 16.5. The van der Waals surface area contributed by atoms with Crippen LogP contribution >= 0.6 is 0 Å². The smallest absolute Gasteiger partial charge is 0.234 e. The number of carbonyl (C=O) groups excluding carboxylic acids is 2. The first kappa shape index (κ1) is 20.0. The van der Waals surface area contributed by atoms with Crippen LogP contribution in [0.3, 0.4) is 0 Å². The topological polar surface area (TPSA) is 91.2 Å². The largest absolute Gasteiger partial charge is 0.493 e. The van der Waals surface area contributed by atoms with Crippen molar-refractivity contribution in [1.82, 2.24) is 5.32 Å². The third kappa shape index (κ3) is 7.20. The standard InChI is InChI=1S/C21H23N3O3/c1-16-5-2-3-6-19(16)27-14-4-7-21(26)24-18-10-8-17(9-11-18)15-23-20(25)12-13-22/h2-3,5-6,8-11H,4,7,12,14-15H2,1H3,(H,23,25)(H,24,26). The summed E-state index contributed by atoms with van der Waals surface area (Å²) in [5.41, 5.74) is 2.67. The van der Waals surface area contributed by atoms with Crippen molar-refractivity contribution in [3.05, 3.63) is 59.7 Å². The fourth-order valence-electron chi connectivity index (χ4n) is 2.40. The summed E-state index contributed by atoms with van der Waals surface area (Å²) in [6, 6.07) is 16.8. The van der Waals surface area contributed by atoms with Crippen molar-refractivity contribution in [3.63, 3.8) is 0 Å². The molecule has 0 fully saturated rings. The number of para-hydroxylation sites is 1. The van der Waals surface area contributed by atoms with Gasteiger partial charge in [0, 0.05) is 18.7 Å². The van der Waals surface area contributed by atoms with Gasteiger partial charge in [-0.3, -0.25) is 9.59 Å². The second kappa shape index (κ2) is 10.6. The van der Waals surface area contributed by atoms with Gasteiger partial charge in [0.2, 0.25) is 11.8 Å². The lowest BCUT2D eigenvalue weighted by molar-refractivity contribution is -0.120. The van der Waals surface area contributed by atoms with Gasteiger partial charge in [-0.05, 0) is 42.7 Å². The highest BCUT2D eigenvalue weighted by Gasteiger charge is 2.05. The number of nitrogens with one attached hydrogen (secondary N) is 2. The number of rotatable bonds is 9. The molecule has 0 radical (unpaired) electrons. The van der Waals surface area contributed by atoms with Crippen LogP contribution in [0.2, 0.25) is 0 Å². The van der Waals surface area contributed by atoms with Crippen molar-refractivity contribution >= 4 is 17.5 Å². The predicted octanol–water partition coefficient (Wildman–Crippen LogP) is 3.32. The van der Waals surface area contributed by atoms with Gasteiger partial charge < -0.3 is 15.4 Å². The Morgan fingerprint density at radius 2 is 1.81 bits per heavy atom. The Balaban J connectivity index is 1.68. The van der Waals surface area contributed by atoms with Gasteiger partial charge in [0.15, 0.2) is 0 Å². The summed E-state index contributed by atoms with van der Waals surface area (Å²) in [6.45, 7) is 2.82. The van der Waals surface area contributed by atoms with E-state index in [1.54, 1.807) is 18.2 Å². The number of nitriles is 1. The molecular weight excluding hydrogens is 342 g/mol. The van der Waals surface area contributed by atoms with E-state index in [0.29, 0.717) is 31.7 Å². The first-order valence-electron chi connectivity index (χ1n) is 8.79. The van der Waals surface area contributed by atoms with Crippen LogP contribution in [0.1, 0.15) is 30.4 Å². The molecule has 2 aromatic carbocycles. The van der Waals surface area contributed by atoms with Gasteiger partial charge in [-0.2, -0.15) is 5.26 Å². The Bertz CT molecular complexity index is 810. The Labute approximate surface area is 159 Å². The van der Waals surface area contributed by atoms with Crippen LogP contribution in [-0.4, -0.2) is 18.4 Å². The first-order valence-corrected chi connectivity index (χ1v) is 8.79. The third-order valence-corrected chi connectivity index (χ3v) is 3.87. The van der Waals surface area contributed by atoms with E-state index in [-0.39, 0.29) is 18.2 Å². The number of amides is 2. The van der Waals surface area contributed by atoms with E-state index >= 15 is 0 Å². The SMILES string of the molecule is Cc1ccccc1OCCCC(=O)Nc1ccc(CNC(=O)CC#N)cc1. The van der Waals surface area contributed by atoms with Crippen molar-refractivity contribution < 1.29 is 14.3 Å². The molecule has 0 saturated heterocycles. The van der Waals surface area contributed by atoms with Crippen LogP contribution in [0.5, 0.6) is 5.75 Å². The monoisotopic (exact) mass is 365 g/mol. The van der Waals surface area contributed by atoms with Crippen molar-refractivity contribution in [3.8, 4) is 11.8 Å². The Morgan fingerprint density at radius 1 is 1.07 bits per heavy atom. The number of anilines is 1. The maximum Gasteiger partial charge on any atom is 0.234 e. The molecule has 0 heterocycles. The lowest BCUT2D eigenvalue weighted by Gasteiger charge is -2.09. The fraction of sp³-hybridized carbons (Fsp3) is 0.286. The van der Waals surface area contributed by atoms with E-state index < -0.39 is 0 Å². The number of aryl methyl sites for hydroxylation is 1. The van der Waals surface area contributed by atoms with Crippen molar-refractivity contribution in [1.29, 1.82) is 5.26 Å². The second-order valence-electron chi connectivity index (χ2n) is 6.07. The van der Waals surface area contributed by atoms with E-state index in [9.17, 15) is 9.59 Å². The number of hydrogen-bond donors (Lipinski definition) is 2. The summed E-state index contributed by atoms with van der Waals surface area (Å²) in [5, 5.41) is 13.9. The molecule has 0 bridgehead atoms. The third-order valence-electron chi connectivity index (χ3n) is 3.87. The molecule has 6 nitrogen and oxygen atoms in total. The molecule has 2 amide bonds. The first-order chi connectivity index (χ1) is 13.1. The van der Waals surface area contributed by atoms with Crippen LogP contribution in [0.4, 0.5) is 5.69 Å². The van der Waals surface area contributed by atoms with E-state index in [1.165, 1.54) is 0 Å². The van der Waals surface area contributed by atoms with E-state index in [0.717, 1.165) is 16.9 Å². The maximum atomic E-state index is 12.0. The quantitative estimate of drug-likeness (QED) is 0.667. The Morgan fingerprint density at radius 3 is 2.52 bits per heavy atom. The van der Waals surface area contributed by atoms with Gasteiger partial charge >= 0.3 is 0 Å². The van der Waals surface area contributed by atoms with Crippen LogP contribution in [0.15, 0.2) is 48.5 Å². The number of nitrogens with zero attached hydrogens (tertiary/aromatic N) is 1. The molecule has 0 aliphatic carbocycles. The molecule has 0 atom stereocenters. The summed E-state index contributed by atoms with van der Waals surface area (Å²) in [4.78, 5) is 23.3. The zero-order valence-corrected chi connectivity index (χ0v) is 15.3. The molecule has 0 aliphatic rings. The molecule has 2 N–H and O–H groups in total. The van der Waals surface area contributed by atoms with Crippen molar-refractivity contribution in [2.45, 2.75) is 32.7 Å². The average Bonchev–Trinajstić information content (AvgIpc) is 2.66. The average molecular weight is 365 g/mol. The van der Waals surface area contributed by atoms with Crippen molar-refractivity contribution in [2.75, 3.05) is 11.9 Å². The van der Waals surface area contributed by atoms with E-state index in [4.69, 9.17) is 10.00 Å². The second-order valence-corrected chi connectivity index (χ2v) is 6.07. The highest BCUT2D eigenvalue weighted by molar-refractivity contribution is 5.90. The molecule has 0 aromatic heterocycles. The Hall–Kier alpha value is -3.33. The number of carbonyl (C=O) groups is 2. The lowest BCUT2D eigenvalue weighted by Crippen LogP contribution is -2.21. The molecule has 0 spiro atoms. The zero-order chi connectivity index (χ0) is 19.5. The molecular formula is C21H23N3O3. The molecule has 27 heavy (non-hydrogen) atoms. The van der Waals surface area contributed by atoms with Crippen LogP contribution in [0, 0.1) is 18.3 Å². The number of benzene rings is 2. The minimum absolute atomic E-state index is 0.0709. The summed E-state index contributed by atoms with van der Waals surface area (Å²) in [5.74, 6) is 0.469. The summed E-state index contributed by atoms with van der Waals surface area (Å²) in [7, 11) is 0. The molecule has 140 valence electrons. The molecule has 0 unspecified atom stereocenters. The summed E-state index contributed by atoms with van der Waals surface area (Å²) < 4.78 is 5.68. The minimum atomic E-state index is -0.303. The minimum Gasteiger partial charge on any atom is -0.493 e. The lowest BCUT2D eigenvalue weighted by atomic mass is 10.2. The normalized spacial score (nSPS) is 9.93. The number of hydrogen-bond acceptors (Lipinski definition) is 4. The molecule has 0 saturated carbocycles. The predicted molar refractivity (Wildman–Crippen MR) is 103 cm³/mol. The maximum absolute atomic E-state index is 12.0. The van der Waals surface area contributed by atoms with Crippen molar-refractivity contribution in [2.24, 2.45) is 0 Å². The van der Waals surface area contributed by atoms with Gasteiger partial charge in [-0.15, -0.1) is 0 Å². The molecule has 6 heteroatoms. The fourth-order valence-corrected chi connectivity index (χ4v) is 2.40. The van der Waals surface area contributed by atoms with E-state index in [1.807, 2.05) is 43.3 Å². The number of ether oxygens (including phenoxy) is 1.